The lowest BCUT2D eigenvalue weighted by atomic mass is 10.0. The zero-order valence-electron chi connectivity index (χ0n) is 17.8. The third-order valence-electron chi connectivity index (χ3n) is 5.47. The second-order valence-electron chi connectivity index (χ2n) is 7.68. The molecule has 1 amide bonds. The third kappa shape index (κ3) is 3.85. The van der Waals surface area contributed by atoms with Crippen molar-refractivity contribution in [2.75, 3.05) is 30.8 Å². The minimum atomic E-state index is -3.70. The second kappa shape index (κ2) is 8.19. The summed E-state index contributed by atoms with van der Waals surface area (Å²) in [6.07, 6.45) is -0.195. The van der Waals surface area contributed by atoms with Crippen molar-refractivity contribution < 1.29 is 31.9 Å². The summed E-state index contributed by atoms with van der Waals surface area (Å²) in [4.78, 5) is 12.8. The lowest BCUT2D eigenvalue weighted by Gasteiger charge is -2.24. The molecule has 8 nitrogen and oxygen atoms in total. The molecule has 0 fully saturated rings. The number of halogens is 1. The van der Waals surface area contributed by atoms with Crippen molar-refractivity contribution in [1.82, 2.24) is 5.32 Å². The SMILES string of the molecule is CNC(=O)c1c(-c2ccc(F)cc2)oc2cc3c(cc12)C(C)OC(CO)CN3S(C)(=O)=O. The van der Waals surface area contributed by atoms with Gasteiger partial charge in [0.2, 0.25) is 10.0 Å². The Morgan fingerprint density at radius 2 is 1.97 bits per heavy atom. The maximum absolute atomic E-state index is 13.4. The number of hydrogen-bond acceptors (Lipinski definition) is 6. The number of amides is 1. The van der Waals surface area contributed by atoms with Gasteiger partial charge in [-0.25, -0.2) is 12.8 Å². The Hall–Kier alpha value is -2.95. The Labute approximate surface area is 184 Å². The van der Waals surface area contributed by atoms with Gasteiger partial charge in [0.15, 0.2) is 0 Å². The van der Waals surface area contributed by atoms with Crippen molar-refractivity contribution in [2.45, 2.75) is 19.1 Å². The van der Waals surface area contributed by atoms with Gasteiger partial charge in [-0.2, -0.15) is 0 Å². The summed E-state index contributed by atoms with van der Waals surface area (Å²) in [7, 11) is -2.21. The summed E-state index contributed by atoms with van der Waals surface area (Å²) < 4.78 is 51.6. The van der Waals surface area contributed by atoms with Crippen molar-refractivity contribution >= 4 is 32.6 Å². The highest BCUT2D eigenvalue weighted by molar-refractivity contribution is 7.92. The Bertz CT molecular complexity index is 1290. The van der Waals surface area contributed by atoms with Crippen molar-refractivity contribution in [3.63, 3.8) is 0 Å². The molecule has 32 heavy (non-hydrogen) atoms. The van der Waals surface area contributed by atoms with Crippen LogP contribution in [0.2, 0.25) is 0 Å². The van der Waals surface area contributed by atoms with E-state index in [4.69, 9.17) is 9.15 Å². The first kappa shape index (κ1) is 22.3. The van der Waals surface area contributed by atoms with Gasteiger partial charge in [0.1, 0.15) is 17.2 Å². The van der Waals surface area contributed by atoms with E-state index in [2.05, 4.69) is 5.32 Å². The quantitative estimate of drug-likeness (QED) is 0.617. The lowest BCUT2D eigenvalue weighted by Crippen LogP contribution is -2.38. The standard InChI is InChI=1S/C22H23FN2O6S/c1-12-16-8-17-19(9-18(16)25(32(3,28)29)10-15(11-26)30-12)31-21(20(17)22(27)24-2)13-4-6-14(23)7-5-13/h4-9,12,15,26H,10-11H2,1-3H3,(H,24,27). The highest BCUT2D eigenvalue weighted by Gasteiger charge is 2.33. The number of aliphatic hydroxyl groups is 1. The van der Waals surface area contributed by atoms with Gasteiger partial charge >= 0.3 is 0 Å². The van der Waals surface area contributed by atoms with Crippen LogP contribution in [-0.4, -0.2) is 52.0 Å². The van der Waals surface area contributed by atoms with E-state index in [1.54, 1.807) is 19.1 Å². The molecular weight excluding hydrogens is 439 g/mol. The first-order chi connectivity index (χ1) is 15.1. The van der Waals surface area contributed by atoms with E-state index in [-0.39, 0.29) is 24.5 Å². The van der Waals surface area contributed by atoms with Crippen molar-refractivity contribution in [2.24, 2.45) is 0 Å². The number of aliphatic hydroxyl groups excluding tert-OH is 1. The van der Waals surface area contributed by atoms with E-state index < -0.39 is 34.0 Å². The second-order valence-corrected chi connectivity index (χ2v) is 9.58. The summed E-state index contributed by atoms with van der Waals surface area (Å²) in [5.41, 5.74) is 1.94. The van der Waals surface area contributed by atoms with Crippen LogP contribution < -0.4 is 9.62 Å². The van der Waals surface area contributed by atoms with E-state index in [9.17, 15) is 22.7 Å². The molecule has 1 aromatic heterocycles. The molecule has 0 aliphatic carbocycles. The van der Waals surface area contributed by atoms with E-state index in [0.29, 0.717) is 27.8 Å². The molecular formula is C22H23FN2O6S. The summed E-state index contributed by atoms with van der Waals surface area (Å²) in [5, 5.41) is 12.7. The van der Waals surface area contributed by atoms with Crippen LogP contribution in [0.3, 0.4) is 0 Å². The molecule has 2 atom stereocenters. The number of nitrogens with one attached hydrogen (secondary N) is 1. The number of benzene rings is 2. The Balaban J connectivity index is 2.01. The van der Waals surface area contributed by atoms with Crippen LogP contribution in [0.1, 0.15) is 28.9 Å². The monoisotopic (exact) mass is 462 g/mol. The molecule has 0 bridgehead atoms. The zero-order valence-corrected chi connectivity index (χ0v) is 18.6. The number of carbonyl (C=O) groups is 1. The van der Waals surface area contributed by atoms with Crippen LogP contribution in [-0.2, 0) is 14.8 Å². The predicted octanol–water partition coefficient (Wildman–Crippen LogP) is 2.82. The number of anilines is 1. The topological polar surface area (TPSA) is 109 Å². The van der Waals surface area contributed by atoms with E-state index in [0.717, 1.165) is 6.26 Å². The van der Waals surface area contributed by atoms with Gasteiger partial charge in [0.05, 0.1) is 42.9 Å². The molecule has 0 radical (unpaired) electrons. The van der Waals surface area contributed by atoms with Crippen LogP contribution in [0, 0.1) is 5.82 Å². The smallest absolute Gasteiger partial charge is 0.255 e. The molecule has 170 valence electrons. The fourth-order valence-electron chi connectivity index (χ4n) is 3.95. The molecule has 1 aliphatic heterocycles. The van der Waals surface area contributed by atoms with Crippen LogP contribution in [0.15, 0.2) is 40.8 Å². The molecule has 0 spiro atoms. The van der Waals surface area contributed by atoms with E-state index in [1.807, 2.05) is 0 Å². The van der Waals surface area contributed by atoms with Crippen LogP contribution >= 0.6 is 0 Å². The molecule has 2 heterocycles. The van der Waals surface area contributed by atoms with Gasteiger partial charge < -0.3 is 19.6 Å². The summed E-state index contributed by atoms with van der Waals surface area (Å²) in [5.74, 6) is -0.586. The zero-order chi connectivity index (χ0) is 23.2. The van der Waals surface area contributed by atoms with Gasteiger partial charge in [-0.05, 0) is 37.3 Å². The maximum Gasteiger partial charge on any atom is 0.255 e. The maximum atomic E-state index is 13.4. The van der Waals surface area contributed by atoms with Crippen molar-refractivity contribution in [3.05, 3.63) is 53.3 Å². The number of hydrogen-bond donors (Lipinski definition) is 2. The number of sulfonamides is 1. The number of nitrogens with zero attached hydrogens (tertiary/aromatic N) is 1. The molecule has 1 aliphatic rings. The lowest BCUT2D eigenvalue weighted by molar-refractivity contribution is -0.0227. The Kier molecular flexibility index (Phi) is 5.70. The van der Waals surface area contributed by atoms with Crippen LogP contribution in [0.5, 0.6) is 0 Å². The average Bonchev–Trinajstić information content (AvgIpc) is 3.05. The van der Waals surface area contributed by atoms with Crippen LogP contribution in [0.25, 0.3) is 22.3 Å². The fraction of sp³-hybridized carbons (Fsp3) is 0.318. The summed E-state index contributed by atoms with van der Waals surface area (Å²) >= 11 is 0. The number of carbonyl (C=O) groups excluding carboxylic acids is 1. The van der Waals surface area contributed by atoms with Gasteiger partial charge in [0, 0.05) is 29.6 Å². The highest BCUT2D eigenvalue weighted by atomic mass is 32.2. The highest BCUT2D eigenvalue weighted by Crippen LogP contribution is 2.42. The summed E-state index contributed by atoms with van der Waals surface area (Å²) in [6, 6.07) is 8.78. The molecule has 10 heteroatoms. The molecule has 0 saturated carbocycles. The molecule has 4 rings (SSSR count). The minimum absolute atomic E-state index is 0.0635. The number of fused-ring (bicyclic) bond motifs is 2. The largest absolute Gasteiger partial charge is 0.455 e. The normalized spacial score (nSPS) is 19.0. The van der Waals surface area contributed by atoms with Crippen molar-refractivity contribution in [3.8, 4) is 11.3 Å². The molecule has 0 saturated heterocycles. The van der Waals surface area contributed by atoms with Gasteiger partial charge in [-0.15, -0.1) is 0 Å². The molecule has 2 unspecified atom stereocenters. The van der Waals surface area contributed by atoms with E-state index in [1.165, 1.54) is 35.6 Å². The molecule has 2 aromatic carbocycles. The van der Waals surface area contributed by atoms with E-state index >= 15 is 0 Å². The number of rotatable bonds is 4. The van der Waals surface area contributed by atoms with Gasteiger partial charge in [0.25, 0.3) is 5.91 Å². The Morgan fingerprint density at radius 1 is 1.28 bits per heavy atom. The van der Waals surface area contributed by atoms with Crippen LogP contribution in [0.4, 0.5) is 10.1 Å². The number of furan rings is 1. The Morgan fingerprint density at radius 3 is 2.56 bits per heavy atom. The third-order valence-corrected chi connectivity index (χ3v) is 6.62. The first-order valence-electron chi connectivity index (χ1n) is 9.96. The average molecular weight is 462 g/mol. The summed E-state index contributed by atoms with van der Waals surface area (Å²) in [6.45, 7) is 1.34. The first-order valence-corrected chi connectivity index (χ1v) is 11.8. The molecule has 2 N–H and O–H groups in total. The van der Waals surface area contributed by atoms with Crippen molar-refractivity contribution in [1.29, 1.82) is 0 Å². The predicted molar refractivity (Wildman–Crippen MR) is 118 cm³/mol. The minimum Gasteiger partial charge on any atom is -0.455 e. The van der Waals surface area contributed by atoms with Gasteiger partial charge in [-0.3, -0.25) is 9.10 Å². The number of ether oxygens (including phenoxy) is 1. The molecule has 3 aromatic rings. The van der Waals surface area contributed by atoms with Gasteiger partial charge in [-0.1, -0.05) is 0 Å². The fourth-order valence-corrected chi connectivity index (χ4v) is 4.90.